The van der Waals surface area contributed by atoms with Gasteiger partial charge in [0.2, 0.25) is 0 Å². The second kappa shape index (κ2) is 5.55. The molecular formula is C10H21NO. The van der Waals surface area contributed by atoms with Crippen molar-refractivity contribution in [3.05, 3.63) is 0 Å². The van der Waals surface area contributed by atoms with Gasteiger partial charge >= 0.3 is 0 Å². The molecule has 0 saturated carbocycles. The summed E-state index contributed by atoms with van der Waals surface area (Å²) < 4.78 is 5.08. The average molecular weight is 171 g/mol. The van der Waals surface area contributed by atoms with E-state index in [0.717, 1.165) is 18.6 Å². The number of rotatable bonds is 4. The van der Waals surface area contributed by atoms with Gasteiger partial charge < -0.3 is 10.1 Å². The summed E-state index contributed by atoms with van der Waals surface area (Å²) in [6.07, 6.45) is 5.29. The highest BCUT2D eigenvalue weighted by molar-refractivity contribution is 4.76. The van der Waals surface area contributed by atoms with E-state index in [4.69, 9.17) is 4.74 Å². The Morgan fingerprint density at radius 3 is 2.92 bits per heavy atom. The maximum absolute atomic E-state index is 5.08. The van der Waals surface area contributed by atoms with Crippen molar-refractivity contribution in [2.24, 2.45) is 5.92 Å². The third-order valence-corrected chi connectivity index (χ3v) is 2.81. The molecule has 12 heavy (non-hydrogen) atoms. The summed E-state index contributed by atoms with van der Waals surface area (Å²) in [6.45, 7) is 4.43. The normalized spacial score (nSPS) is 27.0. The molecule has 0 aromatic rings. The number of ether oxygens (including phenoxy) is 1. The van der Waals surface area contributed by atoms with Crippen LogP contribution in [0, 0.1) is 5.92 Å². The largest absolute Gasteiger partial charge is 0.385 e. The van der Waals surface area contributed by atoms with E-state index in [-0.39, 0.29) is 0 Å². The number of nitrogens with one attached hydrogen (secondary N) is 1. The molecule has 1 fully saturated rings. The van der Waals surface area contributed by atoms with E-state index in [1.54, 1.807) is 7.11 Å². The molecule has 0 aromatic heterocycles. The Bertz CT molecular complexity index is 110. The summed E-state index contributed by atoms with van der Waals surface area (Å²) in [6, 6.07) is 0.744. The fourth-order valence-electron chi connectivity index (χ4n) is 1.87. The van der Waals surface area contributed by atoms with E-state index < -0.39 is 0 Å². The van der Waals surface area contributed by atoms with Crippen LogP contribution in [-0.2, 0) is 4.74 Å². The molecule has 72 valence electrons. The Kier molecular flexibility index (Phi) is 4.62. The van der Waals surface area contributed by atoms with Gasteiger partial charge in [-0.05, 0) is 31.7 Å². The van der Waals surface area contributed by atoms with Crippen LogP contribution in [-0.4, -0.2) is 26.3 Å². The van der Waals surface area contributed by atoms with E-state index in [1.165, 1.54) is 32.2 Å². The molecule has 2 unspecified atom stereocenters. The van der Waals surface area contributed by atoms with E-state index in [1.807, 2.05) is 0 Å². The maximum atomic E-state index is 5.08. The number of piperidine rings is 1. The summed E-state index contributed by atoms with van der Waals surface area (Å²) in [4.78, 5) is 0. The Balaban J connectivity index is 2.15. The van der Waals surface area contributed by atoms with Crippen LogP contribution < -0.4 is 5.32 Å². The van der Waals surface area contributed by atoms with Crippen molar-refractivity contribution in [1.29, 1.82) is 0 Å². The first-order chi connectivity index (χ1) is 5.84. The SMILES string of the molecule is COCCC(C)C1CCCCN1. The molecule has 0 aliphatic carbocycles. The molecule has 2 nitrogen and oxygen atoms in total. The van der Waals surface area contributed by atoms with Gasteiger partial charge in [-0.15, -0.1) is 0 Å². The summed E-state index contributed by atoms with van der Waals surface area (Å²) >= 11 is 0. The van der Waals surface area contributed by atoms with Crippen molar-refractivity contribution in [2.45, 2.75) is 38.6 Å². The molecule has 1 saturated heterocycles. The van der Waals surface area contributed by atoms with Crippen LogP contribution in [0.2, 0.25) is 0 Å². The minimum Gasteiger partial charge on any atom is -0.385 e. The third kappa shape index (κ3) is 3.11. The molecule has 2 atom stereocenters. The predicted molar refractivity (Wildman–Crippen MR) is 51.3 cm³/mol. The highest BCUT2D eigenvalue weighted by Crippen LogP contribution is 2.17. The van der Waals surface area contributed by atoms with Crippen LogP contribution in [0.1, 0.15) is 32.6 Å². The maximum Gasteiger partial charge on any atom is 0.0465 e. The van der Waals surface area contributed by atoms with Gasteiger partial charge in [-0.2, -0.15) is 0 Å². The molecule has 1 aliphatic rings. The molecule has 1 N–H and O–H groups in total. The van der Waals surface area contributed by atoms with Gasteiger partial charge in [0, 0.05) is 19.8 Å². The molecule has 0 amide bonds. The minimum atomic E-state index is 0.744. The molecule has 1 heterocycles. The summed E-state index contributed by atoms with van der Waals surface area (Å²) in [5.41, 5.74) is 0. The van der Waals surface area contributed by atoms with Crippen molar-refractivity contribution in [3.8, 4) is 0 Å². The van der Waals surface area contributed by atoms with Gasteiger partial charge in [0.15, 0.2) is 0 Å². The van der Waals surface area contributed by atoms with Crippen LogP contribution in [0.4, 0.5) is 0 Å². The molecule has 0 spiro atoms. The van der Waals surface area contributed by atoms with Gasteiger partial charge in [-0.1, -0.05) is 13.3 Å². The number of hydrogen-bond acceptors (Lipinski definition) is 2. The Hall–Kier alpha value is -0.0800. The quantitative estimate of drug-likeness (QED) is 0.696. The van der Waals surface area contributed by atoms with Gasteiger partial charge in [-0.25, -0.2) is 0 Å². The Morgan fingerprint density at radius 2 is 2.33 bits per heavy atom. The van der Waals surface area contributed by atoms with Crippen molar-refractivity contribution >= 4 is 0 Å². The van der Waals surface area contributed by atoms with Gasteiger partial charge in [0.1, 0.15) is 0 Å². The molecule has 0 aromatic carbocycles. The fraction of sp³-hybridized carbons (Fsp3) is 1.00. The molecular weight excluding hydrogens is 150 g/mol. The fourth-order valence-corrected chi connectivity index (χ4v) is 1.87. The van der Waals surface area contributed by atoms with E-state index in [2.05, 4.69) is 12.2 Å². The van der Waals surface area contributed by atoms with E-state index in [0.29, 0.717) is 0 Å². The van der Waals surface area contributed by atoms with E-state index in [9.17, 15) is 0 Å². The van der Waals surface area contributed by atoms with Crippen molar-refractivity contribution in [3.63, 3.8) is 0 Å². The lowest BCUT2D eigenvalue weighted by molar-refractivity contribution is 0.165. The lowest BCUT2D eigenvalue weighted by Crippen LogP contribution is -2.39. The standard InChI is InChI=1S/C10H21NO/c1-9(6-8-12-2)10-5-3-4-7-11-10/h9-11H,3-8H2,1-2H3. The predicted octanol–water partition coefficient (Wildman–Crippen LogP) is 1.80. The first-order valence-electron chi connectivity index (χ1n) is 5.07. The second-order valence-electron chi connectivity index (χ2n) is 3.82. The number of hydrogen-bond donors (Lipinski definition) is 1. The first-order valence-corrected chi connectivity index (χ1v) is 5.07. The summed E-state index contributed by atoms with van der Waals surface area (Å²) in [5.74, 6) is 0.769. The van der Waals surface area contributed by atoms with E-state index >= 15 is 0 Å². The third-order valence-electron chi connectivity index (χ3n) is 2.81. The van der Waals surface area contributed by atoms with Crippen molar-refractivity contribution in [1.82, 2.24) is 5.32 Å². The second-order valence-corrected chi connectivity index (χ2v) is 3.82. The molecule has 0 bridgehead atoms. The Labute approximate surface area is 75.7 Å². The lowest BCUT2D eigenvalue weighted by atomic mass is 9.91. The summed E-state index contributed by atoms with van der Waals surface area (Å²) in [7, 11) is 1.78. The van der Waals surface area contributed by atoms with Gasteiger partial charge in [-0.3, -0.25) is 0 Å². The monoisotopic (exact) mass is 171 g/mol. The minimum absolute atomic E-state index is 0.744. The topological polar surface area (TPSA) is 21.3 Å². The van der Waals surface area contributed by atoms with Crippen LogP contribution in [0.5, 0.6) is 0 Å². The molecule has 1 rings (SSSR count). The lowest BCUT2D eigenvalue weighted by Gasteiger charge is -2.28. The van der Waals surface area contributed by atoms with Crippen LogP contribution >= 0.6 is 0 Å². The smallest absolute Gasteiger partial charge is 0.0465 e. The van der Waals surface area contributed by atoms with Crippen LogP contribution in [0.15, 0.2) is 0 Å². The average Bonchev–Trinajstić information content (AvgIpc) is 2.15. The molecule has 1 aliphatic heterocycles. The highest BCUT2D eigenvalue weighted by atomic mass is 16.5. The Morgan fingerprint density at radius 1 is 1.50 bits per heavy atom. The van der Waals surface area contributed by atoms with Crippen LogP contribution in [0.25, 0.3) is 0 Å². The van der Waals surface area contributed by atoms with Crippen molar-refractivity contribution in [2.75, 3.05) is 20.3 Å². The van der Waals surface area contributed by atoms with Gasteiger partial charge in [0.05, 0.1) is 0 Å². The highest BCUT2D eigenvalue weighted by Gasteiger charge is 2.18. The number of methoxy groups -OCH3 is 1. The zero-order valence-corrected chi connectivity index (χ0v) is 8.31. The van der Waals surface area contributed by atoms with Crippen molar-refractivity contribution < 1.29 is 4.74 Å². The molecule has 0 radical (unpaired) electrons. The van der Waals surface area contributed by atoms with Crippen LogP contribution in [0.3, 0.4) is 0 Å². The zero-order chi connectivity index (χ0) is 8.81. The summed E-state index contributed by atoms with van der Waals surface area (Å²) in [5, 5.41) is 3.57. The molecule has 2 heteroatoms. The first kappa shape index (κ1) is 10.0. The van der Waals surface area contributed by atoms with Gasteiger partial charge in [0.25, 0.3) is 0 Å². The zero-order valence-electron chi connectivity index (χ0n) is 8.31.